The third kappa shape index (κ3) is 3.16. The van der Waals surface area contributed by atoms with E-state index in [4.69, 9.17) is 15.2 Å². The lowest BCUT2D eigenvalue weighted by molar-refractivity contribution is 0.174. The maximum atomic E-state index is 14.5. The Bertz CT molecular complexity index is 1180. The van der Waals surface area contributed by atoms with E-state index >= 15 is 0 Å². The quantitative estimate of drug-likeness (QED) is 0.578. The molecule has 4 N–H and O–H groups in total. The minimum atomic E-state index is -3.94. The van der Waals surface area contributed by atoms with Crippen LogP contribution < -0.4 is 19.9 Å². The molecule has 0 saturated carbocycles. The van der Waals surface area contributed by atoms with Gasteiger partial charge in [-0.05, 0) is 48.5 Å². The summed E-state index contributed by atoms with van der Waals surface area (Å²) in [6, 6.07) is 12.3. The Balaban J connectivity index is 1.76. The van der Waals surface area contributed by atoms with E-state index in [1.54, 1.807) is 6.07 Å². The number of hydrogen-bond acceptors (Lipinski definition) is 6. The molecule has 1 aliphatic heterocycles. The molecule has 0 amide bonds. The molecule has 4 rings (SSSR count). The number of fused-ring (bicyclic) bond motifs is 1. The third-order valence-corrected chi connectivity index (χ3v) is 5.55. The Morgan fingerprint density at radius 1 is 1.07 bits per heavy atom. The van der Waals surface area contributed by atoms with Crippen molar-refractivity contribution in [2.75, 3.05) is 17.2 Å². The molecule has 0 fully saturated rings. The number of aromatic hydroxyl groups is 1. The van der Waals surface area contributed by atoms with Crippen LogP contribution in [0.2, 0.25) is 0 Å². The zero-order chi connectivity index (χ0) is 19.9. The number of nitrogens with two attached hydrogens (primary N) is 1. The van der Waals surface area contributed by atoms with Crippen LogP contribution in [0.3, 0.4) is 0 Å². The van der Waals surface area contributed by atoms with Crippen molar-refractivity contribution in [2.45, 2.75) is 4.90 Å². The van der Waals surface area contributed by atoms with E-state index in [9.17, 15) is 17.9 Å². The van der Waals surface area contributed by atoms with E-state index in [2.05, 4.69) is 4.72 Å². The molecule has 0 radical (unpaired) electrons. The minimum absolute atomic E-state index is 0.0291. The lowest BCUT2D eigenvalue weighted by Crippen LogP contribution is -2.13. The van der Waals surface area contributed by atoms with Crippen LogP contribution in [0.4, 0.5) is 15.8 Å². The van der Waals surface area contributed by atoms with E-state index in [-0.39, 0.29) is 40.0 Å². The number of nitrogen functional groups attached to an aromatic ring is 1. The molecule has 0 aliphatic carbocycles. The second-order valence-corrected chi connectivity index (χ2v) is 7.75. The number of halogens is 1. The van der Waals surface area contributed by atoms with Gasteiger partial charge in [0.05, 0.1) is 10.5 Å². The molecule has 144 valence electrons. The molecule has 0 atom stereocenters. The van der Waals surface area contributed by atoms with Gasteiger partial charge in [-0.15, -0.1) is 0 Å². The molecule has 28 heavy (non-hydrogen) atoms. The van der Waals surface area contributed by atoms with Crippen molar-refractivity contribution in [2.24, 2.45) is 0 Å². The van der Waals surface area contributed by atoms with Crippen LogP contribution in [0.15, 0.2) is 59.5 Å². The van der Waals surface area contributed by atoms with Crippen LogP contribution in [0.1, 0.15) is 0 Å². The van der Waals surface area contributed by atoms with Gasteiger partial charge in [-0.25, -0.2) is 12.8 Å². The van der Waals surface area contributed by atoms with Gasteiger partial charge < -0.3 is 20.3 Å². The van der Waals surface area contributed by atoms with Crippen LogP contribution in [-0.4, -0.2) is 20.3 Å². The summed E-state index contributed by atoms with van der Waals surface area (Å²) in [6.07, 6.45) is 0. The second-order valence-electron chi connectivity index (χ2n) is 6.07. The van der Waals surface area contributed by atoms with Gasteiger partial charge in [0.15, 0.2) is 11.5 Å². The van der Waals surface area contributed by atoms with E-state index in [0.717, 1.165) is 6.07 Å². The maximum Gasteiger partial charge on any atom is 0.261 e. The molecular formula is C19H15FN2O5S. The first-order valence-corrected chi connectivity index (χ1v) is 9.63. The first kappa shape index (κ1) is 17.9. The molecule has 1 heterocycles. The van der Waals surface area contributed by atoms with E-state index in [1.165, 1.54) is 42.5 Å². The number of nitrogens with one attached hydrogen (secondary N) is 1. The number of hydrogen-bond donors (Lipinski definition) is 3. The van der Waals surface area contributed by atoms with Gasteiger partial charge >= 0.3 is 0 Å². The van der Waals surface area contributed by atoms with Gasteiger partial charge in [0, 0.05) is 16.9 Å². The fourth-order valence-electron chi connectivity index (χ4n) is 2.90. The first-order valence-electron chi connectivity index (χ1n) is 8.15. The molecule has 0 aromatic heterocycles. The topological polar surface area (TPSA) is 111 Å². The number of sulfonamides is 1. The summed E-state index contributed by atoms with van der Waals surface area (Å²) in [6.45, 7) is -0.0604. The number of phenols is 1. The van der Waals surface area contributed by atoms with Gasteiger partial charge in [0.25, 0.3) is 10.0 Å². The van der Waals surface area contributed by atoms with Crippen LogP contribution >= 0.6 is 0 Å². The van der Waals surface area contributed by atoms with Crippen molar-refractivity contribution in [3.05, 3.63) is 60.4 Å². The van der Waals surface area contributed by atoms with Crippen molar-refractivity contribution < 1.29 is 27.4 Å². The Hall–Kier alpha value is -3.46. The van der Waals surface area contributed by atoms with Crippen molar-refractivity contribution in [3.63, 3.8) is 0 Å². The molecule has 0 saturated heterocycles. The van der Waals surface area contributed by atoms with E-state index < -0.39 is 15.8 Å². The van der Waals surface area contributed by atoms with Crippen LogP contribution in [0.25, 0.3) is 11.1 Å². The molecule has 0 spiro atoms. The maximum absolute atomic E-state index is 14.5. The smallest absolute Gasteiger partial charge is 0.261 e. The molecule has 9 heteroatoms. The Kier molecular flexibility index (Phi) is 4.23. The largest absolute Gasteiger partial charge is 0.507 e. The lowest BCUT2D eigenvalue weighted by Gasteiger charge is -2.13. The Morgan fingerprint density at radius 3 is 2.68 bits per heavy atom. The minimum Gasteiger partial charge on any atom is -0.507 e. The first-order chi connectivity index (χ1) is 13.3. The Labute approximate surface area is 160 Å². The molecule has 0 unspecified atom stereocenters. The standard InChI is InChI=1S/C19H15FN2O5S/c20-15-5-4-12(22-28(24,25)13-3-1-2-11(21)8-13)9-14(15)18-16(23)6-7-17-19(18)27-10-26-17/h1-9,22-23H,10,21H2. The van der Waals surface area contributed by atoms with Gasteiger partial charge in [0.2, 0.25) is 6.79 Å². The van der Waals surface area contributed by atoms with Crippen molar-refractivity contribution in [1.29, 1.82) is 0 Å². The SMILES string of the molecule is Nc1cccc(S(=O)(=O)Nc2ccc(F)c(-c3c(O)ccc4c3OCO4)c2)c1. The summed E-state index contributed by atoms with van der Waals surface area (Å²) >= 11 is 0. The molecule has 0 bridgehead atoms. The van der Waals surface area contributed by atoms with Crippen LogP contribution in [-0.2, 0) is 10.0 Å². The van der Waals surface area contributed by atoms with Crippen molar-refractivity contribution in [1.82, 2.24) is 0 Å². The number of phenolic OH excluding ortho intramolecular Hbond substituents is 1. The number of rotatable bonds is 4. The monoisotopic (exact) mass is 402 g/mol. The van der Waals surface area contributed by atoms with Crippen molar-refractivity contribution in [3.8, 4) is 28.4 Å². The molecule has 1 aliphatic rings. The van der Waals surface area contributed by atoms with Gasteiger partial charge in [-0.2, -0.15) is 0 Å². The molecular weight excluding hydrogens is 387 g/mol. The number of benzene rings is 3. The van der Waals surface area contributed by atoms with Crippen LogP contribution in [0.5, 0.6) is 17.2 Å². The second kappa shape index (κ2) is 6.61. The molecule has 3 aromatic carbocycles. The highest BCUT2D eigenvalue weighted by Crippen LogP contribution is 2.47. The predicted octanol–water partition coefficient (Wildman–Crippen LogP) is 3.31. The summed E-state index contributed by atoms with van der Waals surface area (Å²) < 4.78 is 52.7. The predicted molar refractivity (Wildman–Crippen MR) is 101 cm³/mol. The third-order valence-electron chi connectivity index (χ3n) is 4.17. The molecule has 7 nitrogen and oxygen atoms in total. The van der Waals surface area contributed by atoms with Gasteiger partial charge in [-0.1, -0.05) is 6.07 Å². The zero-order valence-corrected chi connectivity index (χ0v) is 15.2. The highest BCUT2D eigenvalue weighted by molar-refractivity contribution is 7.92. The van der Waals surface area contributed by atoms with Crippen molar-refractivity contribution >= 4 is 21.4 Å². The fraction of sp³-hybridized carbons (Fsp3) is 0.0526. The average Bonchev–Trinajstić information content (AvgIpc) is 3.12. The summed E-state index contributed by atoms with van der Waals surface area (Å²) in [4.78, 5) is -0.0291. The number of anilines is 2. The highest BCUT2D eigenvalue weighted by atomic mass is 32.2. The summed E-state index contributed by atoms with van der Waals surface area (Å²) in [7, 11) is -3.94. The zero-order valence-electron chi connectivity index (χ0n) is 14.3. The summed E-state index contributed by atoms with van der Waals surface area (Å²) in [5, 5.41) is 10.2. The molecule has 3 aromatic rings. The lowest BCUT2D eigenvalue weighted by atomic mass is 10.0. The van der Waals surface area contributed by atoms with E-state index in [1.807, 2.05) is 0 Å². The van der Waals surface area contributed by atoms with E-state index in [0.29, 0.717) is 11.4 Å². The summed E-state index contributed by atoms with van der Waals surface area (Å²) in [5.41, 5.74) is 6.09. The van der Waals surface area contributed by atoms with Crippen LogP contribution in [0, 0.1) is 5.82 Å². The Morgan fingerprint density at radius 2 is 1.89 bits per heavy atom. The summed E-state index contributed by atoms with van der Waals surface area (Å²) in [5.74, 6) is -0.335. The number of ether oxygens (including phenoxy) is 2. The fourth-order valence-corrected chi connectivity index (χ4v) is 4.00. The van der Waals surface area contributed by atoms with Gasteiger partial charge in [0.1, 0.15) is 11.6 Å². The highest BCUT2D eigenvalue weighted by Gasteiger charge is 2.25. The normalized spacial score (nSPS) is 12.8. The average molecular weight is 402 g/mol. The van der Waals surface area contributed by atoms with Gasteiger partial charge in [-0.3, -0.25) is 4.72 Å².